The van der Waals surface area contributed by atoms with Gasteiger partial charge in [-0.2, -0.15) is 5.10 Å². The lowest BCUT2D eigenvalue weighted by atomic mass is 9.99. The monoisotopic (exact) mass is 414 g/mol. The van der Waals surface area contributed by atoms with Crippen molar-refractivity contribution in [2.24, 2.45) is 7.05 Å². The molecule has 0 spiro atoms. The van der Waals surface area contributed by atoms with Crippen LogP contribution in [0.15, 0.2) is 36.4 Å². The molecule has 0 N–H and O–H groups in total. The Labute approximate surface area is 174 Å². The van der Waals surface area contributed by atoms with Gasteiger partial charge in [0.25, 0.3) is 0 Å². The summed E-state index contributed by atoms with van der Waals surface area (Å²) in [7, 11) is 5.11. The second kappa shape index (κ2) is 7.96. The molecule has 152 valence electrons. The van der Waals surface area contributed by atoms with Gasteiger partial charge in [-0.05, 0) is 54.0 Å². The molecule has 1 aromatic heterocycles. The van der Waals surface area contributed by atoms with E-state index in [4.69, 9.17) is 21.7 Å². The zero-order valence-corrected chi connectivity index (χ0v) is 17.5. The van der Waals surface area contributed by atoms with Crippen molar-refractivity contribution in [1.82, 2.24) is 19.2 Å². The summed E-state index contributed by atoms with van der Waals surface area (Å²) in [6.45, 7) is 2.16. The van der Waals surface area contributed by atoms with Gasteiger partial charge in [0.1, 0.15) is 5.82 Å². The van der Waals surface area contributed by atoms with E-state index in [1.165, 1.54) is 17.2 Å². The first kappa shape index (κ1) is 19.6. The van der Waals surface area contributed by atoms with Gasteiger partial charge in [-0.3, -0.25) is 4.90 Å². The number of methoxy groups -OCH3 is 2. The molecule has 0 bridgehead atoms. The Bertz CT molecular complexity index is 1110. The van der Waals surface area contributed by atoms with Crippen molar-refractivity contribution in [1.29, 1.82) is 0 Å². The highest BCUT2D eigenvalue weighted by molar-refractivity contribution is 7.71. The lowest BCUT2D eigenvalue weighted by molar-refractivity contribution is 0.187. The van der Waals surface area contributed by atoms with Crippen LogP contribution in [0.5, 0.6) is 11.5 Å². The van der Waals surface area contributed by atoms with Crippen LogP contribution in [0.1, 0.15) is 11.1 Å². The highest BCUT2D eigenvalue weighted by atomic mass is 32.1. The summed E-state index contributed by atoms with van der Waals surface area (Å²) in [6.07, 6.45) is 0.899. The van der Waals surface area contributed by atoms with Crippen molar-refractivity contribution in [3.05, 3.63) is 58.1 Å². The van der Waals surface area contributed by atoms with Crippen LogP contribution in [-0.2, 0) is 26.7 Å². The van der Waals surface area contributed by atoms with Crippen LogP contribution in [0.25, 0.3) is 11.4 Å². The minimum absolute atomic E-state index is 0.310. The molecule has 4 rings (SSSR count). The molecule has 29 heavy (non-hydrogen) atoms. The third kappa shape index (κ3) is 3.65. The van der Waals surface area contributed by atoms with Crippen molar-refractivity contribution < 1.29 is 13.9 Å². The number of aromatic nitrogens is 3. The maximum Gasteiger partial charge on any atom is 0.199 e. The molecule has 0 radical (unpaired) electrons. The second-order valence-corrected chi connectivity index (χ2v) is 7.43. The highest BCUT2D eigenvalue weighted by Gasteiger charge is 2.21. The molecule has 0 saturated carbocycles. The van der Waals surface area contributed by atoms with Crippen LogP contribution in [0, 0.1) is 10.6 Å². The van der Waals surface area contributed by atoms with E-state index in [0.717, 1.165) is 31.0 Å². The van der Waals surface area contributed by atoms with Crippen LogP contribution in [0.3, 0.4) is 0 Å². The first-order valence-electron chi connectivity index (χ1n) is 9.36. The van der Waals surface area contributed by atoms with Gasteiger partial charge in [0, 0.05) is 20.1 Å². The third-order valence-electron chi connectivity index (χ3n) is 5.29. The maximum absolute atomic E-state index is 14.2. The Kier molecular flexibility index (Phi) is 5.38. The molecule has 1 aliphatic heterocycles. The normalized spacial score (nSPS) is 13.9. The number of hydrogen-bond acceptors (Lipinski definition) is 5. The molecule has 0 atom stereocenters. The lowest BCUT2D eigenvalue weighted by Gasteiger charge is -2.29. The molecular formula is C21H23FN4O2S. The minimum atomic E-state index is -0.310. The Morgan fingerprint density at radius 3 is 2.48 bits per heavy atom. The van der Waals surface area contributed by atoms with E-state index in [9.17, 15) is 4.39 Å². The molecular weight excluding hydrogens is 391 g/mol. The number of benzene rings is 2. The molecule has 0 saturated heterocycles. The van der Waals surface area contributed by atoms with Crippen LogP contribution in [0.2, 0.25) is 0 Å². The van der Waals surface area contributed by atoms with E-state index < -0.39 is 0 Å². The highest BCUT2D eigenvalue weighted by Crippen LogP contribution is 2.33. The van der Waals surface area contributed by atoms with Crippen molar-refractivity contribution in [3.63, 3.8) is 0 Å². The summed E-state index contributed by atoms with van der Waals surface area (Å²) in [5.74, 6) is 1.69. The van der Waals surface area contributed by atoms with Gasteiger partial charge in [0.15, 0.2) is 22.1 Å². The molecule has 2 heterocycles. The molecule has 0 aliphatic carbocycles. The van der Waals surface area contributed by atoms with Crippen LogP contribution >= 0.6 is 12.2 Å². The van der Waals surface area contributed by atoms with Crippen molar-refractivity contribution >= 4 is 12.2 Å². The van der Waals surface area contributed by atoms with E-state index >= 15 is 0 Å². The van der Waals surface area contributed by atoms with Crippen molar-refractivity contribution in [2.45, 2.75) is 19.6 Å². The fraction of sp³-hybridized carbons (Fsp3) is 0.333. The SMILES string of the molecule is COc1cc2c(cc1OC)CN(Cn1nc(-c3ccccc3F)n(C)c1=S)CC2. The summed E-state index contributed by atoms with van der Waals surface area (Å²) in [4.78, 5) is 2.27. The van der Waals surface area contributed by atoms with E-state index in [-0.39, 0.29) is 5.82 Å². The third-order valence-corrected chi connectivity index (χ3v) is 5.77. The van der Waals surface area contributed by atoms with Crippen molar-refractivity contribution in [3.8, 4) is 22.9 Å². The first-order valence-corrected chi connectivity index (χ1v) is 9.77. The zero-order chi connectivity index (χ0) is 20.5. The van der Waals surface area contributed by atoms with Gasteiger partial charge < -0.3 is 14.0 Å². The summed E-state index contributed by atoms with van der Waals surface area (Å²) in [5.41, 5.74) is 2.90. The van der Waals surface area contributed by atoms with Crippen LogP contribution in [-0.4, -0.2) is 40.0 Å². The molecule has 8 heteroatoms. The lowest BCUT2D eigenvalue weighted by Crippen LogP contribution is -2.32. The Hall–Kier alpha value is -2.71. The second-order valence-electron chi connectivity index (χ2n) is 7.06. The van der Waals surface area contributed by atoms with Crippen LogP contribution in [0.4, 0.5) is 4.39 Å². The van der Waals surface area contributed by atoms with E-state index in [2.05, 4.69) is 10.00 Å². The summed E-state index contributed by atoms with van der Waals surface area (Å²) in [6, 6.07) is 10.7. The van der Waals surface area contributed by atoms with E-state index in [0.29, 0.717) is 22.8 Å². The minimum Gasteiger partial charge on any atom is -0.493 e. The van der Waals surface area contributed by atoms with Gasteiger partial charge in [-0.15, -0.1) is 0 Å². The Balaban J connectivity index is 1.59. The number of fused-ring (bicyclic) bond motifs is 1. The predicted octanol–water partition coefficient (Wildman–Crippen LogP) is 3.79. The molecule has 1 aliphatic rings. The van der Waals surface area contributed by atoms with Gasteiger partial charge in [0.2, 0.25) is 0 Å². The Morgan fingerprint density at radius 2 is 1.79 bits per heavy atom. The standard InChI is InChI=1S/C21H23FN4O2S/c1-24-20(16-6-4-5-7-17(16)22)23-26(21(24)29)13-25-9-8-14-10-18(27-2)19(28-3)11-15(14)12-25/h4-7,10-11H,8-9,12-13H2,1-3H3. The summed E-state index contributed by atoms with van der Waals surface area (Å²) in [5, 5.41) is 4.60. The zero-order valence-electron chi connectivity index (χ0n) is 16.7. The smallest absolute Gasteiger partial charge is 0.199 e. The maximum atomic E-state index is 14.2. The van der Waals surface area contributed by atoms with Gasteiger partial charge in [-0.1, -0.05) is 12.1 Å². The van der Waals surface area contributed by atoms with Gasteiger partial charge in [0.05, 0.1) is 26.5 Å². The topological polar surface area (TPSA) is 44.5 Å². The molecule has 6 nitrogen and oxygen atoms in total. The van der Waals surface area contributed by atoms with Gasteiger partial charge >= 0.3 is 0 Å². The molecule has 0 amide bonds. The molecule has 0 unspecified atom stereocenters. The number of halogens is 1. The van der Waals surface area contributed by atoms with Crippen LogP contribution < -0.4 is 9.47 Å². The number of ether oxygens (including phenoxy) is 2. The fourth-order valence-electron chi connectivity index (χ4n) is 3.71. The summed E-state index contributed by atoms with van der Waals surface area (Å²) < 4.78 is 29.1. The number of rotatable bonds is 5. The molecule has 3 aromatic rings. The predicted molar refractivity (Wildman–Crippen MR) is 111 cm³/mol. The number of nitrogens with zero attached hydrogens (tertiary/aromatic N) is 4. The molecule has 0 fully saturated rings. The first-order chi connectivity index (χ1) is 14.0. The summed E-state index contributed by atoms with van der Waals surface area (Å²) >= 11 is 5.55. The average molecular weight is 415 g/mol. The van der Waals surface area contributed by atoms with Crippen molar-refractivity contribution in [2.75, 3.05) is 20.8 Å². The Morgan fingerprint density at radius 1 is 1.10 bits per heavy atom. The average Bonchev–Trinajstić information content (AvgIpc) is 3.01. The largest absolute Gasteiger partial charge is 0.493 e. The van der Waals surface area contributed by atoms with Gasteiger partial charge in [-0.25, -0.2) is 9.07 Å². The van der Waals surface area contributed by atoms with E-state index in [1.54, 1.807) is 41.7 Å². The number of hydrogen-bond donors (Lipinski definition) is 0. The quantitative estimate of drug-likeness (QED) is 0.595. The fourth-order valence-corrected chi connectivity index (χ4v) is 3.89. The van der Waals surface area contributed by atoms with E-state index in [1.807, 2.05) is 19.2 Å². The molecule has 2 aromatic carbocycles.